The molecule has 1 heterocycles. The Morgan fingerprint density at radius 3 is 2.35 bits per heavy atom. The van der Waals surface area contributed by atoms with E-state index < -0.39 is 0 Å². The Morgan fingerprint density at radius 2 is 1.77 bits per heavy atom. The normalized spacial score (nSPS) is 17.2. The molecule has 2 aromatic rings. The molecule has 5 heteroatoms. The van der Waals surface area contributed by atoms with E-state index in [-0.39, 0.29) is 16.8 Å². The van der Waals surface area contributed by atoms with Crippen LogP contribution >= 0.6 is 11.8 Å². The van der Waals surface area contributed by atoms with Gasteiger partial charge < -0.3 is 15.0 Å². The molecule has 1 atom stereocenters. The van der Waals surface area contributed by atoms with Crippen LogP contribution < -0.4 is 10.1 Å². The average molecular weight is 371 g/mol. The Balaban J connectivity index is 1.71. The number of urea groups is 1. The van der Waals surface area contributed by atoms with Gasteiger partial charge in [-0.1, -0.05) is 45.0 Å². The highest BCUT2D eigenvalue weighted by molar-refractivity contribution is 7.99. The maximum absolute atomic E-state index is 12.7. The SMILES string of the molecule is COc1ccc(NC(=O)N2CCSC2c2ccc(C(C)(C)C)cc2)cc1. The highest BCUT2D eigenvalue weighted by Gasteiger charge is 2.31. The number of hydrogen-bond acceptors (Lipinski definition) is 3. The van der Waals surface area contributed by atoms with Crippen LogP contribution in [0.1, 0.15) is 37.3 Å². The Bertz CT molecular complexity index is 751. The molecule has 3 rings (SSSR count). The third-order valence-corrected chi connectivity index (χ3v) is 5.82. The van der Waals surface area contributed by atoms with Crippen LogP contribution in [0, 0.1) is 0 Å². The summed E-state index contributed by atoms with van der Waals surface area (Å²) in [6.07, 6.45) is 0. The highest BCUT2D eigenvalue weighted by atomic mass is 32.2. The van der Waals surface area contributed by atoms with Gasteiger partial charge in [-0.15, -0.1) is 11.8 Å². The molecule has 0 aromatic heterocycles. The molecule has 1 saturated heterocycles. The monoisotopic (exact) mass is 370 g/mol. The van der Waals surface area contributed by atoms with Gasteiger partial charge in [0.05, 0.1) is 7.11 Å². The fourth-order valence-corrected chi connectivity index (χ4v) is 4.23. The highest BCUT2D eigenvalue weighted by Crippen LogP contribution is 2.38. The van der Waals surface area contributed by atoms with Crippen molar-refractivity contribution in [3.8, 4) is 5.75 Å². The fourth-order valence-electron chi connectivity index (χ4n) is 2.97. The van der Waals surface area contributed by atoms with Crippen molar-refractivity contribution in [2.45, 2.75) is 31.6 Å². The first-order valence-corrected chi connectivity index (χ1v) is 9.87. The summed E-state index contributed by atoms with van der Waals surface area (Å²) in [6, 6.07) is 16.0. The summed E-state index contributed by atoms with van der Waals surface area (Å²) < 4.78 is 5.16. The summed E-state index contributed by atoms with van der Waals surface area (Å²) in [7, 11) is 1.63. The Labute approximate surface area is 159 Å². The lowest BCUT2D eigenvalue weighted by atomic mass is 9.87. The summed E-state index contributed by atoms with van der Waals surface area (Å²) in [6.45, 7) is 7.38. The molecule has 4 nitrogen and oxygen atoms in total. The predicted molar refractivity (Wildman–Crippen MR) is 109 cm³/mol. The minimum absolute atomic E-state index is 0.0577. The summed E-state index contributed by atoms with van der Waals surface area (Å²) in [5, 5.41) is 3.05. The molecule has 1 aliphatic heterocycles. The smallest absolute Gasteiger partial charge is 0.323 e. The van der Waals surface area contributed by atoms with Crippen molar-refractivity contribution in [1.82, 2.24) is 4.90 Å². The van der Waals surface area contributed by atoms with Gasteiger partial charge >= 0.3 is 6.03 Å². The summed E-state index contributed by atoms with van der Waals surface area (Å²) in [5.74, 6) is 1.72. The Morgan fingerprint density at radius 1 is 1.12 bits per heavy atom. The van der Waals surface area contributed by atoms with E-state index in [0.717, 1.165) is 23.7 Å². The van der Waals surface area contributed by atoms with E-state index in [0.29, 0.717) is 0 Å². The van der Waals surface area contributed by atoms with Crippen molar-refractivity contribution in [1.29, 1.82) is 0 Å². The second-order valence-electron chi connectivity index (χ2n) is 7.45. The van der Waals surface area contributed by atoms with E-state index in [1.54, 1.807) is 18.9 Å². The van der Waals surface area contributed by atoms with Crippen molar-refractivity contribution in [2.24, 2.45) is 0 Å². The van der Waals surface area contributed by atoms with Crippen molar-refractivity contribution in [2.75, 3.05) is 24.7 Å². The van der Waals surface area contributed by atoms with E-state index in [1.807, 2.05) is 29.2 Å². The van der Waals surface area contributed by atoms with Crippen LogP contribution in [-0.2, 0) is 5.41 Å². The lowest BCUT2D eigenvalue weighted by Crippen LogP contribution is -2.34. The summed E-state index contributed by atoms with van der Waals surface area (Å²) >= 11 is 1.81. The van der Waals surface area contributed by atoms with Crippen molar-refractivity contribution in [3.05, 3.63) is 59.7 Å². The van der Waals surface area contributed by atoms with E-state index in [9.17, 15) is 4.79 Å². The number of amides is 2. The van der Waals surface area contributed by atoms with Gasteiger partial charge in [0.15, 0.2) is 0 Å². The van der Waals surface area contributed by atoms with Crippen LogP contribution in [-0.4, -0.2) is 30.3 Å². The standard InChI is InChI=1S/C21H26N2O2S/c1-21(2,3)16-7-5-15(6-8-16)19-23(13-14-26-19)20(24)22-17-9-11-18(25-4)12-10-17/h5-12,19H,13-14H2,1-4H3,(H,22,24). The number of nitrogens with one attached hydrogen (secondary N) is 1. The lowest BCUT2D eigenvalue weighted by Gasteiger charge is -2.25. The number of anilines is 1. The molecule has 0 bridgehead atoms. The minimum Gasteiger partial charge on any atom is -0.497 e. The maximum Gasteiger partial charge on any atom is 0.323 e. The summed E-state index contributed by atoms with van der Waals surface area (Å²) in [5.41, 5.74) is 3.38. The van der Waals surface area contributed by atoms with Crippen LogP contribution in [0.4, 0.5) is 10.5 Å². The van der Waals surface area contributed by atoms with Gasteiger partial charge in [0.25, 0.3) is 0 Å². The second kappa shape index (κ2) is 7.62. The number of thioether (sulfide) groups is 1. The number of methoxy groups -OCH3 is 1. The molecule has 0 spiro atoms. The van der Waals surface area contributed by atoms with Gasteiger partial charge in [-0.25, -0.2) is 4.79 Å². The van der Waals surface area contributed by atoms with Gasteiger partial charge in [-0.3, -0.25) is 0 Å². The minimum atomic E-state index is -0.0648. The Hall–Kier alpha value is -2.14. The number of nitrogens with zero attached hydrogens (tertiary/aromatic N) is 1. The first-order valence-electron chi connectivity index (χ1n) is 8.82. The molecular weight excluding hydrogens is 344 g/mol. The molecule has 2 amide bonds. The van der Waals surface area contributed by atoms with Gasteiger partial charge in [-0.05, 0) is 40.8 Å². The van der Waals surface area contributed by atoms with Crippen LogP contribution in [0.15, 0.2) is 48.5 Å². The molecule has 1 fully saturated rings. The fraction of sp³-hybridized carbons (Fsp3) is 0.381. The second-order valence-corrected chi connectivity index (χ2v) is 8.64. The van der Waals surface area contributed by atoms with E-state index in [4.69, 9.17) is 4.74 Å². The molecule has 0 radical (unpaired) electrons. The number of ether oxygens (including phenoxy) is 1. The zero-order chi connectivity index (χ0) is 18.7. The number of benzene rings is 2. The number of carbonyl (C=O) groups excluding carboxylic acids is 1. The molecule has 1 unspecified atom stereocenters. The molecule has 26 heavy (non-hydrogen) atoms. The largest absolute Gasteiger partial charge is 0.497 e. The first-order chi connectivity index (χ1) is 12.4. The van der Waals surface area contributed by atoms with Gasteiger partial charge in [-0.2, -0.15) is 0 Å². The first kappa shape index (κ1) is 18.6. The number of hydrogen-bond donors (Lipinski definition) is 1. The number of rotatable bonds is 3. The zero-order valence-electron chi connectivity index (χ0n) is 15.8. The van der Waals surface area contributed by atoms with E-state index >= 15 is 0 Å². The van der Waals surface area contributed by atoms with Crippen LogP contribution in [0.3, 0.4) is 0 Å². The average Bonchev–Trinajstić information content (AvgIpc) is 3.11. The molecule has 0 aliphatic carbocycles. The molecule has 1 N–H and O–H groups in total. The van der Waals surface area contributed by atoms with Crippen LogP contribution in [0.2, 0.25) is 0 Å². The quantitative estimate of drug-likeness (QED) is 0.800. The Kier molecular flexibility index (Phi) is 5.47. The summed E-state index contributed by atoms with van der Waals surface area (Å²) in [4.78, 5) is 14.7. The maximum atomic E-state index is 12.7. The van der Waals surface area contributed by atoms with Gasteiger partial charge in [0.2, 0.25) is 0 Å². The predicted octanol–water partition coefficient (Wildman–Crippen LogP) is 5.27. The molecule has 0 saturated carbocycles. The molecular formula is C21H26N2O2S. The zero-order valence-corrected chi connectivity index (χ0v) is 16.6. The van der Waals surface area contributed by atoms with Gasteiger partial charge in [0, 0.05) is 18.0 Å². The molecule has 138 valence electrons. The van der Waals surface area contributed by atoms with Crippen molar-refractivity contribution < 1.29 is 9.53 Å². The van der Waals surface area contributed by atoms with Gasteiger partial charge in [0.1, 0.15) is 11.1 Å². The van der Waals surface area contributed by atoms with Crippen molar-refractivity contribution >= 4 is 23.5 Å². The van der Waals surface area contributed by atoms with Crippen molar-refractivity contribution in [3.63, 3.8) is 0 Å². The third-order valence-electron chi connectivity index (χ3n) is 4.55. The molecule has 1 aliphatic rings. The van der Waals surface area contributed by atoms with E-state index in [1.165, 1.54) is 11.1 Å². The number of carbonyl (C=O) groups is 1. The van der Waals surface area contributed by atoms with E-state index in [2.05, 4.69) is 50.4 Å². The van der Waals surface area contributed by atoms with Crippen LogP contribution in [0.5, 0.6) is 5.75 Å². The van der Waals surface area contributed by atoms with Crippen LogP contribution in [0.25, 0.3) is 0 Å². The molecule has 2 aromatic carbocycles. The topological polar surface area (TPSA) is 41.6 Å². The third kappa shape index (κ3) is 4.15. The lowest BCUT2D eigenvalue weighted by molar-refractivity contribution is 0.214.